The van der Waals surface area contributed by atoms with E-state index in [9.17, 15) is 0 Å². The number of morpholine rings is 1. The molecule has 26 heavy (non-hydrogen) atoms. The van der Waals surface area contributed by atoms with Gasteiger partial charge in [0.1, 0.15) is 5.65 Å². The average Bonchev–Trinajstić information content (AvgIpc) is 2.92. The van der Waals surface area contributed by atoms with Crippen LogP contribution in [-0.4, -0.2) is 35.2 Å². The molecule has 1 aliphatic heterocycles. The Morgan fingerprint density at radius 2 is 2.19 bits per heavy atom. The van der Waals surface area contributed by atoms with Crippen molar-refractivity contribution in [3.63, 3.8) is 0 Å². The van der Waals surface area contributed by atoms with Gasteiger partial charge < -0.3 is 14.5 Å². The number of nitrogens with zero attached hydrogens (tertiary/aromatic N) is 2. The van der Waals surface area contributed by atoms with Crippen LogP contribution in [-0.2, 0) is 11.2 Å². The van der Waals surface area contributed by atoms with Gasteiger partial charge in [-0.3, -0.25) is 0 Å². The lowest BCUT2D eigenvalue weighted by molar-refractivity contribution is 0.0286. The van der Waals surface area contributed by atoms with E-state index in [2.05, 4.69) is 31.7 Å². The highest BCUT2D eigenvalue weighted by Crippen LogP contribution is 2.36. The van der Waals surface area contributed by atoms with Gasteiger partial charge in [-0.15, -0.1) is 0 Å². The minimum Gasteiger partial charge on any atom is -0.375 e. The maximum Gasteiger partial charge on any atom is 0.139 e. The molecule has 2 aromatic heterocycles. The van der Waals surface area contributed by atoms with E-state index < -0.39 is 0 Å². The van der Waals surface area contributed by atoms with Crippen LogP contribution in [0, 0.1) is 6.92 Å². The van der Waals surface area contributed by atoms with E-state index in [1.54, 1.807) is 0 Å². The molecule has 3 heterocycles. The average molecular weight is 455 g/mol. The van der Waals surface area contributed by atoms with Crippen LogP contribution >= 0.6 is 39.1 Å². The number of hydrogen-bond acceptors (Lipinski definition) is 3. The first-order chi connectivity index (χ1) is 12.5. The summed E-state index contributed by atoms with van der Waals surface area (Å²) in [5.41, 5.74) is 4.80. The highest BCUT2D eigenvalue weighted by atomic mass is 79.9. The summed E-state index contributed by atoms with van der Waals surface area (Å²) in [6.45, 7) is 4.49. The summed E-state index contributed by atoms with van der Waals surface area (Å²) in [6.07, 6.45) is 2.81. The van der Waals surface area contributed by atoms with Crippen molar-refractivity contribution < 1.29 is 4.74 Å². The van der Waals surface area contributed by atoms with Crippen molar-refractivity contribution in [1.29, 1.82) is 0 Å². The fourth-order valence-electron chi connectivity index (χ4n) is 3.43. The zero-order valence-corrected chi connectivity index (χ0v) is 17.3. The normalized spacial score (nSPS) is 17.8. The van der Waals surface area contributed by atoms with Gasteiger partial charge in [-0.2, -0.15) is 0 Å². The zero-order valence-electron chi connectivity index (χ0n) is 14.2. The van der Waals surface area contributed by atoms with Crippen LogP contribution in [0.4, 0.5) is 0 Å². The number of aryl methyl sites for hydroxylation is 1. The van der Waals surface area contributed by atoms with Crippen LogP contribution in [0.1, 0.15) is 11.3 Å². The van der Waals surface area contributed by atoms with Gasteiger partial charge in [-0.25, -0.2) is 4.98 Å². The highest BCUT2D eigenvalue weighted by Gasteiger charge is 2.23. The van der Waals surface area contributed by atoms with Crippen molar-refractivity contribution in [3.05, 3.63) is 56.2 Å². The van der Waals surface area contributed by atoms with Gasteiger partial charge in [0, 0.05) is 46.8 Å². The number of halogens is 3. The molecular formula is C19H18BrCl2N3O. The number of nitrogens with one attached hydrogen (secondary N) is 1. The number of fused-ring (bicyclic) bond motifs is 1. The maximum atomic E-state index is 6.59. The Labute approximate surface area is 170 Å². The van der Waals surface area contributed by atoms with Crippen molar-refractivity contribution in [3.8, 4) is 11.3 Å². The third kappa shape index (κ3) is 3.51. The molecule has 1 aromatic carbocycles. The summed E-state index contributed by atoms with van der Waals surface area (Å²) < 4.78 is 8.96. The van der Waals surface area contributed by atoms with E-state index in [1.165, 1.54) is 0 Å². The standard InChI is InChI=1S/C19H18BrCl2N3O/c1-11-6-12(20)7-15(22)18(11)19-16(9-14-10-23-3-5-26-14)25-4-2-13(21)8-17(25)24-19/h2,4,6-8,14,23H,3,5,9-10H2,1H3. The van der Waals surface area contributed by atoms with E-state index >= 15 is 0 Å². The lowest BCUT2D eigenvalue weighted by Gasteiger charge is -2.24. The summed E-state index contributed by atoms with van der Waals surface area (Å²) in [6, 6.07) is 7.71. The Kier molecular flexibility index (Phi) is 5.26. The number of imidazole rings is 1. The lowest BCUT2D eigenvalue weighted by Crippen LogP contribution is -2.39. The molecule has 4 nitrogen and oxygen atoms in total. The molecule has 0 bridgehead atoms. The Balaban J connectivity index is 1.89. The largest absolute Gasteiger partial charge is 0.375 e. The second-order valence-electron chi connectivity index (χ2n) is 6.46. The minimum atomic E-state index is 0.104. The van der Waals surface area contributed by atoms with E-state index in [4.69, 9.17) is 32.9 Å². The first-order valence-corrected chi connectivity index (χ1v) is 10.0. The van der Waals surface area contributed by atoms with Gasteiger partial charge in [0.15, 0.2) is 0 Å². The maximum absolute atomic E-state index is 6.59. The predicted octanol–water partition coefficient (Wildman–Crippen LogP) is 4.91. The molecule has 1 fully saturated rings. The first kappa shape index (κ1) is 18.3. The van der Waals surface area contributed by atoms with Crippen molar-refractivity contribution >= 4 is 44.8 Å². The van der Waals surface area contributed by atoms with E-state index in [0.29, 0.717) is 10.0 Å². The van der Waals surface area contributed by atoms with Gasteiger partial charge in [-0.05, 0) is 30.7 Å². The second kappa shape index (κ2) is 7.49. The number of hydrogen-bond donors (Lipinski definition) is 1. The molecule has 0 amide bonds. The predicted molar refractivity (Wildman–Crippen MR) is 109 cm³/mol. The monoisotopic (exact) mass is 453 g/mol. The molecule has 0 radical (unpaired) electrons. The van der Waals surface area contributed by atoms with Crippen LogP contribution in [0.2, 0.25) is 10.0 Å². The smallest absolute Gasteiger partial charge is 0.139 e. The summed E-state index contributed by atoms with van der Waals surface area (Å²) in [5, 5.41) is 4.72. The van der Waals surface area contributed by atoms with Gasteiger partial charge >= 0.3 is 0 Å². The highest BCUT2D eigenvalue weighted by molar-refractivity contribution is 9.10. The van der Waals surface area contributed by atoms with E-state index in [0.717, 1.165) is 58.8 Å². The van der Waals surface area contributed by atoms with Crippen LogP contribution in [0.15, 0.2) is 34.9 Å². The molecule has 1 saturated heterocycles. The number of pyridine rings is 1. The zero-order chi connectivity index (χ0) is 18.3. The molecule has 1 atom stereocenters. The quantitative estimate of drug-likeness (QED) is 0.610. The second-order valence-corrected chi connectivity index (χ2v) is 8.22. The Morgan fingerprint density at radius 3 is 2.92 bits per heavy atom. The minimum absolute atomic E-state index is 0.104. The Morgan fingerprint density at radius 1 is 1.35 bits per heavy atom. The first-order valence-electron chi connectivity index (χ1n) is 8.48. The summed E-state index contributed by atoms with van der Waals surface area (Å²) >= 11 is 16.3. The van der Waals surface area contributed by atoms with Crippen molar-refractivity contribution in [2.24, 2.45) is 0 Å². The molecule has 0 spiro atoms. The number of aromatic nitrogens is 2. The topological polar surface area (TPSA) is 38.6 Å². The summed E-state index contributed by atoms with van der Waals surface area (Å²) in [4.78, 5) is 4.86. The molecule has 136 valence electrons. The van der Waals surface area contributed by atoms with Crippen molar-refractivity contribution in [2.75, 3.05) is 19.7 Å². The van der Waals surface area contributed by atoms with Gasteiger partial charge in [0.25, 0.3) is 0 Å². The Bertz CT molecular complexity index is 944. The van der Waals surface area contributed by atoms with Gasteiger partial charge in [-0.1, -0.05) is 39.1 Å². The number of benzene rings is 1. The number of rotatable bonds is 3. The van der Waals surface area contributed by atoms with Crippen LogP contribution in [0.25, 0.3) is 16.9 Å². The van der Waals surface area contributed by atoms with E-state index in [-0.39, 0.29) is 6.10 Å². The molecule has 1 unspecified atom stereocenters. The lowest BCUT2D eigenvalue weighted by atomic mass is 10.0. The molecule has 0 aliphatic carbocycles. The fraction of sp³-hybridized carbons (Fsp3) is 0.316. The van der Waals surface area contributed by atoms with Crippen LogP contribution < -0.4 is 5.32 Å². The van der Waals surface area contributed by atoms with Crippen molar-refractivity contribution in [1.82, 2.24) is 14.7 Å². The van der Waals surface area contributed by atoms with E-state index in [1.807, 2.05) is 31.3 Å². The molecular weight excluding hydrogens is 437 g/mol. The summed E-state index contributed by atoms with van der Waals surface area (Å²) in [7, 11) is 0. The molecule has 0 saturated carbocycles. The molecule has 4 rings (SSSR count). The third-order valence-corrected chi connectivity index (χ3v) is 5.59. The van der Waals surface area contributed by atoms with Gasteiger partial charge in [0.2, 0.25) is 0 Å². The number of ether oxygens (including phenoxy) is 1. The Hall–Kier alpha value is -1.11. The van der Waals surface area contributed by atoms with Gasteiger partial charge in [0.05, 0.1) is 29.1 Å². The molecule has 3 aromatic rings. The fourth-order valence-corrected chi connectivity index (χ4v) is 4.65. The van der Waals surface area contributed by atoms with Crippen LogP contribution in [0.3, 0.4) is 0 Å². The van der Waals surface area contributed by atoms with Crippen LogP contribution in [0.5, 0.6) is 0 Å². The SMILES string of the molecule is Cc1cc(Br)cc(Cl)c1-c1nc2cc(Cl)ccn2c1CC1CNCCO1. The van der Waals surface area contributed by atoms with Crippen molar-refractivity contribution in [2.45, 2.75) is 19.4 Å². The molecule has 7 heteroatoms. The summed E-state index contributed by atoms with van der Waals surface area (Å²) in [5.74, 6) is 0. The third-order valence-electron chi connectivity index (χ3n) is 4.60. The molecule has 1 aliphatic rings. The molecule has 1 N–H and O–H groups in total.